The van der Waals surface area contributed by atoms with Gasteiger partial charge in [0.15, 0.2) is 11.5 Å². The number of methoxy groups -OCH3 is 1. The maximum absolute atomic E-state index is 6.38. The SMILES string of the molecule is COc1cc(CNCCC2=CCCCC2)c(Cl)cc1OC(C)C. The Labute approximate surface area is 145 Å². The number of allylic oxidation sites excluding steroid dienone is 1. The third-order valence-corrected chi connectivity index (χ3v) is 4.37. The molecule has 1 aromatic rings. The Balaban J connectivity index is 1.90. The van der Waals surface area contributed by atoms with Crippen LogP contribution in [0.4, 0.5) is 0 Å². The Bertz CT molecular complexity index is 540. The molecule has 0 amide bonds. The number of hydrogen-bond donors (Lipinski definition) is 1. The maximum atomic E-state index is 6.38. The first-order valence-corrected chi connectivity index (χ1v) is 8.89. The van der Waals surface area contributed by atoms with E-state index in [1.807, 2.05) is 26.0 Å². The normalized spacial score (nSPS) is 14.7. The summed E-state index contributed by atoms with van der Waals surface area (Å²) >= 11 is 6.38. The van der Waals surface area contributed by atoms with Crippen LogP contribution in [0.5, 0.6) is 11.5 Å². The van der Waals surface area contributed by atoms with Crippen molar-refractivity contribution in [3.8, 4) is 11.5 Å². The molecule has 1 N–H and O–H groups in total. The molecule has 2 rings (SSSR count). The highest BCUT2D eigenvalue weighted by Crippen LogP contribution is 2.34. The Morgan fingerprint density at radius 1 is 1.22 bits per heavy atom. The van der Waals surface area contributed by atoms with Crippen molar-refractivity contribution in [2.75, 3.05) is 13.7 Å². The molecule has 1 aliphatic rings. The highest BCUT2D eigenvalue weighted by Gasteiger charge is 2.12. The van der Waals surface area contributed by atoms with Gasteiger partial charge in [-0.15, -0.1) is 0 Å². The molecule has 0 aliphatic heterocycles. The molecular weight excluding hydrogens is 310 g/mol. The zero-order chi connectivity index (χ0) is 16.7. The smallest absolute Gasteiger partial charge is 0.163 e. The summed E-state index contributed by atoms with van der Waals surface area (Å²) in [5.41, 5.74) is 2.63. The van der Waals surface area contributed by atoms with E-state index in [4.69, 9.17) is 21.1 Å². The van der Waals surface area contributed by atoms with Gasteiger partial charge in [0.2, 0.25) is 0 Å². The fourth-order valence-electron chi connectivity index (χ4n) is 2.82. The Morgan fingerprint density at radius 2 is 2.04 bits per heavy atom. The summed E-state index contributed by atoms with van der Waals surface area (Å²) in [4.78, 5) is 0. The highest BCUT2D eigenvalue weighted by atomic mass is 35.5. The summed E-state index contributed by atoms with van der Waals surface area (Å²) in [6, 6.07) is 3.81. The van der Waals surface area contributed by atoms with Gasteiger partial charge < -0.3 is 14.8 Å². The molecule has 1 aromatic carbocycles. The number of halogens is 1. The van der Waals surface area contributed by atoms with Gasteiger partial charge in [0, 0.05) is 17.6 Å². The monoisotopic (exact) mass is 337 g/mol. The van der Waals surface area contributed by atoms with Gasteiger partial charge in [0.1, 0.15) is 0 Å². The van der Waals surface area contributed by atoms with E-state index in [2.05, 4.69) is 11.4 Å². The lowest BCUT2D eigenvalue weighted by Crippen LogP contribution is -2.16. The number of ether oxygens (including phenoxy) is 2. The van der Waals surface area contributed by atoms with E-state index in [0.29, 0.717) is 10.8 Å². The average Bonchev–Trinajstić information content (AvgIpc) is 2.53. The van der Waals surface area contributed by atoms with Crippen LogP contribution in [0.2, 0.25) is 5.02 Å². The molecule has 0 bridgehead atoms. The Hall–Kier alpha value is -1.19. The van der Waals surface area contributed by atoms with Crippen LogP contribution in [-0.2, 0) is 6.54 Å². The molecule has 128 valence electrons. The molecule has 0 heterocycles. The molecule has 23 heavy (non-hydrogen) atoms. The van der Waals surface area contributed by atoms with Crippen molar-refractivity contribution in [2.24, 2.45) is 0 Å². The van der Waals surface area contributed by atoms with Crippen molar-refractivity contribution in [1.82, 2.24) is 5.32 Å². The van der Waals surface area contributed by atoms with Crippen LogP contribution in [0, 0.1) is 0 Å². The van der Waals surface area contributed by atoms with E-state index >= 15 is 0 Å². The van der Waals surface area contributed by atoms with Gasteiger partial charge in [-0.2, -0.15) is 0 Å². The third kappa shape index (κ3) is 5.74. The van der Waals surface area contributed by atoms with Crippen LogP contribution < -0.4 is 14.8 Å². The first kappa shape index (κ1) is 18.2. The molecule has 0 atom stereocenters. The molecular formula is C19H28ClNO2. The molecule has 0 spiro atoms. The van der Waals surface area contributed by atoms with E-state index < -0.39 is 0 Å². The van der Waals surface area contributed by atoms with E-state index in [-0.39, 0.29) is 6.10 Å². The minimum absolute atomic E-state index is 0.0905. The second-order valence-corrected chi connectivity index (χ2v) is 6.70. The van der Waals surface area contributed by atoms with Crippen molar-refractivity contribution >= 4 is 11.6 Å². The molecule has 3 nitrogen and oxygen atoms in total. The summed E-state index contributed by atoms with van der Waals surface area (Å²) in [5.74, 6) is 1.43. The number of nitrogens with one attached hydrogen (secondary N) is 1. The van der Waals surface area contributed by atoms with Gasteiger partial charge >= 0.3 is 0 Å². The number of hydrogen-bond acceptors (Lipinski definition) is 3. The van der Waals surface area contributed by atoms with Crippen molar-refractivity contribution in [1.29, 1.82) is 0 Å². The van der Waals surface area contributed by atoms with Crippen molar-refractivity contribution in [3.63, 3.8) is 0 Å². The summed E-state index contributed by atoms with van der Waals surface area (Å²) in [5, 5.41) is 4.19. The lowest BCUT2D eigenvalue weighted by Gasteiger charge is -2.16. The van der Waals surface area contributed by atoms with E-state index in [1.165, 1.54) is 25.7 Å². The van der Waals surface area contributed by atoms with Crippen LogP contribution in [-0.4, -0.2) is 19.8 Å². The van der Waals surface area contributed by atoms with E-state index in [1.54, 1.807) is 12.7 Å². The molecule has 0 aromatic heterocycles. The van der Waals surface area contributed by atoms with Crippen LogP contribution in [0.15, 0.2) is 23.8 Å². The summed E-state index contributed by atoms with van der Waals surface area (Å²) in [6.45, 7) is 5.70. The van der Waals surface area contributed by atoms with E-state index in [0.717, 1.165) is 30.8 Å². The molecule has 0 fully saturated rings. The molecule has 0 radical (unpaired) electrons. The van der Waals surface area contributed by atoms with Gasteiger partial charge in [-0.3, -0.25) is 0 Å². The van der Waals surface area contributed by atoms with Crippen LogP contribution in [0.3, 0.4) is 0 Å². The second kappa shape index (κ2) is 9.19. The first-order chi connectivity index (χ1) is 11.1. The minimum atomic E-state index is 0.0905. The van der Waals surface area contributed by atoms with Gasteiger partial charge in [-0.25, -0.2) is 0 Å². The predicted molar refractivity (Wildman–Crippen MR) is 96.6 cm³/mol. The predicted octanol–water partition coefficient (Wildman–Crippen LogP) is 5.12. The molecule has 0 saturated heterocycles. The molecule has 0 saturated carbocycles. The number of rotatable bonds is 8. The molecule has 1 aliphatic carbocycles. The zero-order valence-corrected chi connectivity index (χ0v) is 15.2. The van der Waals surface area contributed by atoms with Crippen molar-refractivity contribution in [2.45, 2.75) is 58.6 Å². The highest BCUT2D eigenvalue weighted by molar-refractivity contribution is 6.31. The Kier molecular flexibility index (Phi) is 7.25. The van der Waals surface area contributed by atoms with E-state index in [9.17, 15) is 0 Å². The standard InChI is InChI=1S/C19H28ClNO2/c1-14(2)23-19-12-17(20)16(11-18(19)22-3)13-21-10-9-15-7-5-4-6-8-15/h7,11-12,14,21H,4-6,8-10,13H2,1-3H3. The first-order valence-electron chi connectivity index (χ1n) is 8.52. The topological polar surface area (TPSA) is 30.5 Å². The maximum Gasteiger partial charge on any atom is 0.163 e. The summed E-state index contributed by atoms with van der Waals surface area (Å²) < 4.78 is 11.2. The Morgan fingerprint density at radius 3 is 2.70 bits per heavy atom. The zero-order valence-electron chi connectivity index (χ0n) is 14.5. The van der Waals surface area contributed by atoms with Crippen molar-refractivity contribution in [3.05, 3.63) is 34.4 Å². The largest absolute Gasteiger partial charge is 0.493 e. The lowest BCUT2D eigenvalue weighted by molar-refractivity contribution is 0.230. The minimum Gasteiger partial charge on any atom is -0.493 e. The molecule has 0 unspecified atom stereocenters. The quantitative estimate of drug-likeness (QED) is 0.527. The van der Waals surface area contributed by atoms with Gasteiger partial charge in [0.05, 0.1) is 13.2 Å². The van der Waals surface area contributed by atoms with Crippen LogP contribution >= 0.6 is 11.6 Å². The number of benzene rings is 1. The fraction of sp³-hybridized carbons (Fsp3) is 0.579. The second-order valence-electron chi connectivity index (χ2n) is 6.30. The third-order valence-electron chi connectivity index (χ3n) is 4.02. The van der Waals surface area contributed by atoms with Gasteiger partial charge in [0.25, 0.3) is 0 Å². The van der Waals surface area contributed by atoms with Crippen LogP contribution in [0.25, 0.3) is 0 Å². The summed E-state index contributed by atoms with van der Waals surface area (Å²) in [6.07, 6.45) is 8.81. The fourth-order valence-corrected chi connectivity index (χ4v) is 3.04. The van der Waals surface area contributed by atoms with Gasteiger partial charge in [-0.05, 0) is 64.1 Å². The van der Waals surface area contributed by atoms with Gasteiger partial charge in [-0.1, -0.05) is 23.3 Å². The summed E-state index contributed by atoms with van der Waals surface area (Å²) in [7, 11) is 1.66. The average molecular weight is 338 g/mol. The lowest BCUT2D eigenvalue weighted by atomic mass is 9.97. The molecule has 4 heteroatoms. The van der Waals surface area contributed by atoms with Crippen LogP contribution in [0.1, 0.15) is 51.5 Å². The van der Waals surface area contributed by atoms with Crippen molar-refractivity contribution < 1.29 is 9.47 Å².